The molecule has 0 saturated carbocycles. The van der Waals surface area contributed by atoms with Gasteiger partial charge < -0.3 is 4.90 Å². The molecule has 0 aliphatic rings. The summed E-state index contributed by atoms with van der Waals surface area (Å²) < 4.78 is 0. The van der Waals surface area contributed by atoms with Crippen molar-refractivity contribution in [3.05, 3.63) is 48.0 Å². The van der Waals surface area contributed by atoms with E-state index in [0.29, 0.717) is 19.5 Å². The normalized spacial score (nSPS) is 9.91. The van der Waals surface area contributed by atoms with Crippen molar-refractivity contribution in [3.63, 3.8) is 0 Å². The number of rotatable bonds is 6. The van der Waals surface area contributed by atoms with Crippen molar-refractivity contribution in [2.24, 2.45) is 0 Å². The van der Waals surface area contributed by atoms with E-state index < -0.39 is 0 Å². The van der Waals surface area contributed by atoms with Gasteiger partial charge in [0, 0.05) is 13.1 Å². The van der Waals surface area contributed by atoms with Crippen LogP contribution in [0.2, 0.25) is 0 Å². The molecule has 2 aromatic carbocycles. The van der Waals surface area contributed by atoms with E-state index in [1.807, 2.05) is 54.6 Å². The number of carbonyl (C=O) groups excluding carboxylic acids is 1. The molecule has 4 nitrogen and oxygen atoms in total. The molecule has 0 unspecified atom stereocenters. The fourth-order valence-electron chi connectivity index (χ4n) is 2.37. The number of benzene rings is 2. The first-order chi connectivity index (χ1) is 10.7. The van der Waals surface area contributed by atoms with Crippen LogP contribution in [0.25, 0.3) is 10.8 Å². The Morgan fingerprint density at radius 3 is 2.23 bits per heavy atom. The van der Waals surface area contributed by atoms with Crippen molar-refractivity contribution in [1.29, 1.82) is 10.5 Å². The molecule has 2 aromatic rings. The Bertz CT molecular complexity index is 722. The van der Waals surface area contributed by atoms with E-state index in [4.69, 9.17) is 10.5 Å². The minimum absolute atomic E-state index is 0.0409. The van der Waals surface area contributed by atoms with Crippen LogP contribution in [-0.4, -0.2) is 23.9 Å². The van der Waals surface area contributed by atoms with Gasteiger partial charge >= 0.3 is 0 Å². The predicted molar refractivity (Wildman–Crippen MR) is 84.7 cm³/mol. The average Bonchev–Trinajstić information content (AvgIpc) is 2.54. The van der Waals surface area contributed by atoms with Crippen molar-refractivity contribution in [2.45, 2.75) is 19.3 Å². The van der Waals surface area contributed by atoms with E-state index >= 15 is 0 Å². The maximum atomic E-state index is 12.4. The maximum absolute atomic E-state index is 12.4. The topological polar surface area (TPSA) is 67.9 Å². The second-order valence-corrected chi connectivity index (χ2v) is 5.06. The highest BCUT2D eigenvalue weighted by atomic mass is 16.2. The number of amides is 1. The van der Waals surface area contributed by atoms with Crippen molar-refractivity contribution in [1.82, 2.24) is 4.90 Å². The molecule has 110 valence electrons. The first kappa shape index (κ1) is 15.5. The molecule has 0 atom stereocenters. The van der Waals surface area contributed by atoms with Crippen LogP contribution in [-0.2, 0) is 11.2 Å². The Labute approximate surface area is 130 Å². The molecule has 0 radical (unpaired) electrons. The Balaban J connectivity index is 2.09. The molecule has 22 heavy (non-hydrogen) atoms. The van der Waals surface area contributed by atoms with Gasteiger partial charge in [0.05, 0.1) is 31.4 Å². The van der Waals surface area contributed by atoms with Crippen LogP contribution >= 0.6 is 0 Å². The summed E-state index contributed by atoms with van der Waals surface area (Å²) in [6.07, 6.45) is 0.867. The molecule has 0 N–H and O–H groups in total. The van der Waals surface area contributed by atoms with E-state index in [0.717, 1.165) is 16.3 Å². The van der Waals surface area contributed by atoms with Crippen LogP contribution in [0.15, 0.2) is 42.5 Å². The standard InChI is InChI=1S/C18H17N3O/c19-9-3-11-21(12-4-10-20)18(22)14-15-7-8-16-5-1-2-6-17(16)13-15/h1-2,5-8,13H,3-4,11-12,14H2. The summed E-state index contributed by atoms with van der Waals surface area (Å²) in [6.45, 7) is 0.759. The second-order valence-electron chi connectivity index (χ2n) is 5.06. The number of nitriles is 2. The molecule has 2 rings (SSSR count). The monoisotopic (exact) mass is 291 g/mol. The third kappa shape index (κ3) is 4.07. The smallest absolute Gasteiger partial charge is 0.227 e. The van der Waals surface area contributed by atoms with Crippen molar-refractivity contribution >= 4 is 16.7 Å². The van der Waals surface area contributed by atoms with Crippen molar-refractivity contribution in [2.75, 3.05) is 13.1 Å². The SMILES string of the molecule is N#CCCN(CCC#N)C(=O)Cc1ccc2ccccc2c1. The second kappa shape index (κ2) is 7.81. The zero-order chi connectivity index (χ0) is 15.8. The summed E-state index contributed by atoms with van der Waals surface area (Å²) in [7, 11) is 0. The van der Waals surface area contributed by atoms with Crippen LogP contribution in [0, 0.1) is 22.7 Å². The van der Waals surface area contributed by atoms with Crippen LogP contribution in [0.4, 0.5) is 0 Å². The summed E-state index contributed by atoms with van der Waals surface area (Å²) in [5, 5.41) is 19.6. The zero-order valence-electron chi connectivity index (χ0n) is 12.3. The van der Waals surface area contributed by atoms with E-state index in [1.165, 1.54) is 0 Å². The molecule has 0 bridgehead atoms. The molecule has 1 amide bonds. The average molecular weight is 291 g/mol. The minimum atomic E-state index is -0.0409. The van der Waals surface area contributed by atoms with Crippen LogP contribution in [0.1, 0.15) is 18.4 Å². The first-order valence-corrected chi connectivity index (χ1v) is 7.24. The third-order valence-corrected chi connectivity index (χ3v) is 3.51. The van der Waals surface area contributed by atoms with Gasteiger partial charge in [-0.1, -0.05) is 42.5 Å². The maximum Gasteiger partial charge on any atom is 0.227 e. The van der Waals surface area contributed by atoms with E-state index in [9.17, 15) is 4.79 Å². The lowest BCUT2D eigenvalue weighted by atomic mass is 10.0. The van der Waals surface area contributed by atoms with Crippen LogP contribution in [0.3, 0.4) is 0 Å². The number of nitrogens with zero attached hydrogens (tertiary/aromatic N) is 3. The minimum Gasteiger partial charge on any atom is -0.340 e. The Morgan fingerprint density at radius 2 is 1.59 bits per heavy atom. The Kier molecular flexibility index (Phi) is 5.51. The molecule has 0 aromatic heterocycles. The number of fused-ring (bicyclic) bond motifs is 1. The van der Waals surface area contributed by atoms with Gasteiger partial charge in [0.1, 0.15) is 0 Å². The predicted octanol–water partition coefficient (Wildman–Crippen LogP) is 3.04. The van der Waals surface area contributed by atoms with Gasteiger partial charge in [-0.2, -0.15) is 10.5 Å². The molecule has 0 aliphatic heterocycles. The molecular weight excluding hydrogens is 274 g/mol. The summed E-state index contributed by atoms with van der Waals surface area (Å²) >= 11 is 0. The third-order valence-electron chi connectivity index (χ3n) is 3.51. The lowest BCUT2D eigenvalue weighted by Gasteiger charge is -2.20. The highest BCUT2D eigenvalue weighted by Crippen LogP contribution is 2.16. The van der Waals surface area contributed by atoms with Gasteiger partial charge in [0.2, 0.25) is 5.91 Å². The van der Waals surface area contributed by atoms with Gasteiger partial charge in [-0.15, -0.1) is 0 Å². The Hall–Kier alpha value is -2.85. The highest BCUT2D eigenvalue weighted by Gasteiger charge is 2.13. The molecule has 0 spiro atoms. The van der Waals surface area contributed by atoms with Crippen LogP contribution in [0.5, 0.6) is 0 Å². The Morgan fingerprint density at radius 1 is 0.955 bits per heavy atom. The summed E-state index contributed by atoms with van der Waals surface area (Å²) in [6, 6.07) is 18.1. The number of carbonyl (C=O) groups is 1. The molecule has 0 aliphatic carbocycles. The van der Waals surface area contributed by atoms with Gasteiger partial charge in [-0.05, 0) is 16.3 Å². The molecule has 4 heteroatoms. The highest BCUT2D eigenvalue weighted by molar-refractivity contribution is 5.85. The number of hydrogen-bond acceptors (Lipinski definition) is 3. The van der Waals surface area contributed by atoms with Gasteiger partial charge in [0.25, 0.3) is 0 Å². The quantitative estimate of drug-likeness (QED) is 0.821. The molecule has 0 fully saturated rings. The lowest BCUT2D eigenvalue weighted by Crippen LogP contribution is -2.33. The summed E-state index contributed by atoms with van der Waals surface area (Å²) in [5.41, 5.74) is 0.947. The number of hydrogen-bond donors (Lipinski definition) is 0. The van der Waals surface area contributed by atoms with Crippen molar-refractivity contribution in [3.8, 4) is 12.1 Å². The fourth-order valence-corrected chi connectivity index (χ4v) is 2.37. The lowest BCUT2D eigenvalue weighted by molar-refractivity contribution is -0.130. The summed E-state index contributed by atoms with van der Waals surface area (Å²) in [4.78, 5) is 14.0. The summed E-state index contributed by atoms with van der Waals surface area (Å²) in [5.74, 6) is -0.0409. The first-order valence-electron chi connectivity index (χ1n) is 7.24. The van der Waals surface area contributed by atoms with Gasteiger partial charge in [0.15, 0.2) is 0 Å². The van der Waals surface area contributed by atoms with Gasteiger partial charge in [-0.25, -0.2) is 0 Å². The largest absolute Gasteiger partial charge is 0.340 e. The molecule has 0 saturated heterocycles. The zero-order valence-corrected chi connectivity index (χ0v) is 12.3. The van der Waals surface area contributed by atoms with E-state index in [2.05, 4.69) is 0 Å². The molecule has 0 heterocycles. The fraction of sp³-hybridized carbons (Fsp3) is 0.278. The van der Waals surface area contributed by atoms with Crippen molar-refractivity contribution < 1.29 is 4.79 Å². The van der Waals surface area contributed by atoms with E-state index in [-0.39, 0.29) is 18.7 Å². The molecular formula is C18H17N3O. The van der Waals surface area contributed by atoms with Crippen LogP contribution < -0.4 is 0 Å². The van der Waals surface area contributed by atoms with E-state index in [1.54, 1.807) is 4.90 Å². The van der Waals surface area contributed by atoms with Gasteiger partial charge in [-0.3, -0.25) is 4.79 Å².